The maximum Gasteiger partial charge on any atom is 0.387 e. The van der Waals surface area contributed by atoms with Crippen LogP contribution in [0.3, 0.4) is 0 Å². The summed E-state index contributed by atoms with van der Waals surface area (Å²) in [4.78, 5) is 12.1. The number of carbonyl (C=O) groups excluding carboxylic acids is 1. The van der Waals surface area contributed by atoms with Gasteiger partial charge in [0.1, 0.15) is 11.5 Å². The number of ether oxygens (including phenoxy) is 2. The fourth-order valence-electron chi connectivity index (χ4n) is 1.68. The molecule has 21 heavy (non-hydrogen) atoms. The average Bonchev–Trinajstić information content (AvgIpc) is 2.45. The Labute approximate surface area is 134 Å². The van der Waals surface area contributed by atoms with Crippen LogP contribution in [0.25, 0.3) is 0 Å². The monoisotopic (exact) mass is 404 g/mol. The molecule has 110 valence electrons. The van der Waals surface area contributed by atoms with Gasteiger partial charge >= 0.3 is 6.61 Å². The van der Waals surface area contributed by atoms with E-state index in [1.165, 1.54) is 18.2 Å². The minimum atomic E-state index is -2.98. The molecule has 0 aliphatic heterocycles. The van der Waals surface area contributed by atoms with Gasteiger partial charge in [-0.15, -0.1) is 0 Å². The molecule has 0 radical (unpaired) electrons. The Morgan fingerprint density at radius 3 is 2.62 bits per heavy atom. The van der Waals surface area contributed by atoms with Crippen LogP contribution in [0, 0.1) is 3.57 Å². The first kappa shape index (κ1) is 15.7. The SMILES string of the molecule is O=C(COc1cccc(I)c1)c1ccccc1OC(F)F. The molecule has 6 heteroatoms. The van der Waals surface area contributed by atoms with Crippen molar-refractivity contribution in [3.63, 3.8) is 0 Å². The molecule has 0 aliphatic rings. The molecule has 0 N–H and O–H groups in total. The van der Waals surface area contributed by atoms with Gasteiger partial charge in [-0.1, -0.05) is 18.2 Å². The van der Waals surface area contributed by atoms with Crippen LogP contribution in [-0.4, -0.2) is 19.0 Å². The van der Waals surface area contributed by atoms with Crippen molar-refractivity contribution >= 4 is 28.4 Å². The van der Waals surface area contributed by atoms with Crippen molar-refractivity contribution in [3.8, 4) is 11.5 Å². The third-order valence-corrected chi connectivity index (χ3v) is 3.24. The van der Waals surface area contributed by atoms with E-state index in [4.69, 9.17) is 4.74 Å². The Hall–Kier alpha value is -1.70. The third-order valence-electron chi connectivity index (χ3n) is 2.57. The van der Waals surface area contributed by atoms with Gasteiger partial charge in [-0.2, -0.15) is 8.78 Å². The lowest BCUT2D eigenvalue weighted by molar-refractivity contribution is -0.0501. The van der Waals surface area contributed by atoms with E-state index in [1.54, 1.807) is 24.3 Å². The van der Waals surface area contributed by atoms with Crippen LogP contribution in [0.5, 0.6) is 11.5 Å². The van der Waals surface area contributed by atoms with Gasteiger partial charge in [0.25, 0.3) is 0 Å². The van der Waals surface area contributed by atoms with Crippen LogP contribution in [0.15, 0.2) is 48.5 Å². The minimum absolute atomic E-state index is 0.0726. The Kier molecular flexibility index (Phi) is 5.49. The van der Waals surface area contributed by atoms with Crippen LogP contribution in [0.4, 0.5) is 8.78 Å². The zero-order valence-corrected chi connectivity index (χ0v) is 12.9. The van der Waals surface area contributed by atoms with Crippen molar-refractivity contribution < 1.29 is 23.0 Å². The van der Waals surface area contributed by atoms with Gasteiger partial charge in [-0.05, 0) is 52.9 Å². The average molecular weight is 404 g/mol. The lowest BCUT2D eigenvalue weighted by atomic mass is 10.1. The van der Waals surface area contributed by atoms with Crippen molar-refractivity contribution in [2.24, 2.45) is 0 Å². The Bertz CT molecular complexity index is 632. The molecule has 0 atom stereocenters. The molecule has 2 aromatic rings. The van der Waals surface area contributed by atoms with Gasteiger partial charge in [-0.3, -0.25) is 4.79 Å². The summed E-state index contributed by atoms with van der Waals surface area (Å²) in [5.41, 5.74) is 0.0726. The molecule has 0 bridgehead atoms. The standard InChI is InChI=1S/C15H11F2IO3/c16-15(17)21-14-7-2-1-6-12(14)13(19)9-20-11-5-3-4-10(18)8-11/h1-8,15H,9H2. The van der Waals surface area contributed by atoms with Crippen molar-refractivity contribution in [3.05, 3.63) is 57.7 Å². The zero-order chi connectivity index (χ0) is 15.2. The lowest BCUT2D eigenvalue weighted by Crippen LogP contribution is -2.14. The van der Waals surface area contributed by atoms with E-state index < -0.39 is 12.4 Å². The maximum absolute atomic E-state index is 12.3. The Morgan fingerprint density at radius 2 is 1.90 bits per heavy atom. The summed E-state index contributed by atoms with van der Waals surface area (Å²) in [5.74, 6) is -0.0311. The fourth-order valence-corrected chi connectivity index (χ4v) is 2.19. The predicted molar refractivity (Wildman–Crippen MR) is 82.1 cm³/mol. The quantitative estimate of drug-likeness (QED) is 0.536. The molecule has 2 rings (SSSR count). The van der Waals surface area contributed by atoms with Gasteiger partial charge in [0.15, 0.2) is 6.61 Å². The molecular formula is C15H11F2IO3. The highest BCUT2D eigenvalue weighted by Gasteiger charge is 2.15. The molecule has 0 unspecified atom stereocenters. The zero-order valence-electron chi connectivity index (χ0n) is 10.8. The Balaban J connectivity index is 2.07. The van der Waals surface area contributed by atoms with Gasteiger partial charge in [0, 0.05) is 3.57 Å². The van der Waals surface area contributed by atoms with E-state index in [-0.39, 0.29) is 17.9 Å². The van der Waals surface area contributed by atoms with Gasteiger partial charge in [0.2, 0.25) is 5.78 Å². The van der Waals surface area contributed by atoms with Crippen LogP contribution >= 0.6 is 22.6 Å². The van der Waals surface area contributed by atoms with Crippen molar-refractivity contribution in [2.75, 3.05) is 6.61 Å². The van der Waals surface area contributed by atoms with E-state index in [1.807, 2.05) is 6.07 Å². The molecule has 3 nitrogen and oxygen atoms in total. The molecule has 0 aliphatic carbocycles. The summed E-state index contributed by atoms with van der Waals surface area (Å²) in [6.07, 6.45) is 0. The number of alkyl halides is 2. The second-order valence-electron chi connectivity index (χ2n) is 4.04. The molecular weight excluding hydrogens is 393 g/mol. The highest BCUT2D eigenvalue weighted by Crippen LogP contribution is 2.21. The number of carbonyl (C=O) groups is 1. The van der Waals surface area contributed by atoms with Crippen LogP contribution in [0.2, 0.25) is 0 Å². The van der Waals surface area contributed by atoms with E-state index in [9.17, 15) is 13.6 Å². The Morgan fingerprint density at radius 1 is 1.14 bits per heavy atom. The normalized spacial score (nSPS) is 10.5. The lowest BCUT2D eigenvalue weighted by Gasteiger charge is -2.10. The molecule has 2 aromatic carbocycles. The van der Waals surface area contributed by atoms with Gasteiger partial charge < -0.3 is 9.47 Å². The van der Waals surface area contributed by atoms with Gasteiger partial charge in [-0.25, -0.2) is 0 Å². The van der Waals surface area contributed by atoms with Crippen molar-refractivity contribution in [1.29, 1.82) is 0 Å². The molecule has 0 amide bonds. The summed E-state index contributed by atoms with van der Waals surface area (Å²) < 4.78 is 35.3. The smallest absolute Gasteiger partial charge is 0.387 e. The van der Waals surface area contributed by atoms with E-state index in [0.29, 0.717) is 5.75 Å². The number of hydrogen-bond donors (Lipinski definition) is 0. The number of para-hydroxylation sites is 1. The van der Waals surface area contributed by atoms with Crippen LogP contribution in [-0.2, 0) is 0 Å². The molecule has 0 saturated carbocycles. The first-order valence-corrected chi connectivity index (χ1v) is 7.09. The summed E-state index contributed by atoms with van der Waals surface area (Å²) in [5, 5.41) is 0. The summed E-state index contributed by atoms with van der Waals surface area (Å²) >= 11 is 2.12. The molecule has 0 spiro atoms. The number of rotatable bonds is 6. The number of hydrogen-bond acceptors (Lipinski definition) is 3. The molecule has 0 fully saturated rings. The van der Waals surface area contributed by atoms with Crippen LogP contribution in [0.1, 0.15) is 10.4 Å². The molecule has 0 saturated heterocycles. The topological polar surface area (TPSA) is 35.5 Å². The largest absolute Gasteiger partial charge is 0.485 e. The van der Waals surface area contributed by atoms with E-state index >= 15 is 0 Å². The second kappa shape index (κ2) is 7.35. The van der Waals surface area contributed by atoms with Crippen molar-refractivity contribution in [1.82, 2.24) is 0 Å². The first-order valence-electron chi connectivity index (χ1n) is 6.01. The number of benzene rings is 2. The van der Waals surface area contributed by atoms with Gasteiger partial charge in [0.05, 0.1) is 5.56 Å². The maximum atomic E-state index is 12.3. The van der Waals surface area contributed by atoms with Crippen molar-refractivity contribution in [2.45, 2.75) is 6.61 Å². The highest BCUT2D eigenvalue weighted by molar-refractivity contribution is 14.1. The minimum Gasteiger partial charge on any atom is -0.485 e. The number of Topliss-reactive ketones (excluding diaryl/α,β-unsaturated/α-hetero) is 1. The summed E-state index contributed by atoms with van der Waals surface area (Å²) in [6, 6.07) is 13.0. The molecule has 0 heterocycles. The molecule has 0 aromatic heterocycles. The fraction of sp³-hybridized carbons (Fsp3) is 0.133. The first-order chi connectivity index (χ1) is 10.1. The number of halogens is 3. The van der Waals surface area contributed by atoms with Crippen LogP contribution < -0.4 is 9.47 Å². The van der Waals surface area contributed by atoms with E-state index in [0.717, 1.165) is 3.57 Å². The highest BCUT2D eigenvalue weighted by atomic mass is 127. The second-order valence-corrected chi connectivity index (χ2v) is 5.29. The summed E-state index contributed by atoms with van der Waals surface area (Å²) in [6.45, 7) is -3.22. The predicted octanol–water partition coefficient (Wildman–Crippen LogP) is 4.15. The summed E-state index contributed by atoms with van der Waals surface area (Å²) in [7, 11) is 0. The third kappa shape index (κ3) is 4.66. The van der Waals surface area contributed by atoms with E-state index in [2.05, 4.69) is 27.3 Å². The number of ketones is 1.